The molecule has 0 aliphatic carbocycles. The van der Waals surface area contributed by atoms with E-state index in [0.29, 0.717) is 11.1 Å². The molecule has 23 heavy (non-hydrogen) atoms. The molecule has 2 aromatic carbocycles. The highest BCUT2D eigenvalue weighted by Crippen LogP contribution is 2.33. The van der Waals surface area contributed by atoms with E-state index in [1.807, 2.05) is 6.92 Å². The predicted octanol–water partition coefficient (Wildman–Crippen LogP) is 2.84. The first-order valence-corrected chi connectivity index (χ1v) is 7.08. The van der Waals surface area contributed by atoms with Crippen molar-refractivity contribution in [2.45, 2.75) is 13.0 Å². The standard InChI is InChI=1S/C18H14FNO3/c1-10-5-7-11(8-6-10)16(21)14-15(20-18(23)17(14)22)12-3-2-4-13(19)9-12/h2-9,15,21H,1H3,(H,20,23)/t15-/m1/s1. The van der Waals surface area contributed by atoms with Crippen LogP contribution in [0, 0.1) is 12.7 Å². The van der Waals surface area contributed by atoms with Crippen LogP contribution in [0.1, 0.15) is 22.7 Å². The Morgan fingerprint density at radius 1 is 1.13 bits per heavy atom. The summed E-state index contributed by atoms with van der Waals surface area (Å²) in [5.74, 6) is -2.38. The quantitative estimate of drug-likeness (QED) is 0.509. The molecule has 4 nitrogen and oxygen atoms in total. The predicted molar refractivity (Wildman–Crippen MR) is 83.0 cm³/mol. The van der Waals surface area contributed by atoms with Gasteiger partial charge in [-0.2, -0.15) is 0 Å². The third kappa shape index (κ3) is 2.73. The SMILES string of the molecule is Cc1ccc(C(O)=C2C(=O)C(=O)N[C@@H]2c2cccc(F)c2)cc1. The van der Waals surface area contributed by atoms with Crippen LogP contribution in [0.5, 0.6) is 0 Å². The molecule has 0 radical (unpaired) electrons. The molecule has 1 heterocycles. The number of nitrogens with one attached hydrogen (secondary N) is 1. The summed E-state index contributed by atoms with van der Waals surface area (Å²) in [6.07, 6.45) is 0. The van der Waals surface area contributed by atoms with Gasteiger partial charge in [-0.25, -0.2) is 4.39 Å². The summed E-state index contributed by atoms with van der Waals surface area (Å²) in [7, 11) is 0. The van der Waals surface area contributed by atoms with Crippen LogP contribution in [-0.4, -0.2) is 16.8 Å². The number of Topliss-reactive ketones (excluding diaryl/α,β-unsaturated/α-hetero) is 1. The van der Waals surface area contributed by atoms with Gasteiger partial charge < -0.3 is 10.4 Å². The van der Waals surface area contributed by atoms with Gasteiger partial charge in [-0.1, -0.05) is 42.0 Å². The molecular weight excluding hydrogens is 297 g/mol. The van der Waals surface area contributed by atoms with Gasteiger partial charge in [0.25, 0.3) is 11.7 Å². The van der Waals surface area contributed by atoms with Crippen molar-refractivity contribution in [2.75, 3.05) is 0 Å². The van der Waals surface area contributed by atoms with Crippen molar-refractivity contribution in [3.8, 4) is 0 Å². The number of halogens is 1. The van der Waals surface area contributed by atoms with Gasteiger partial charge in [0.1, 0.15) is 11.6 Å². The third-order valence-electron chi connectivity index (χ3n) is 3.78. The number of benzene rings is 2. The summed E-state index contributed by atoms with van der Waals surface area (Å²) >= 11 is 0. The Morgan fingerprint density at radius 3 is 2.48 bits per heavy atom. The lowest BCUT2D eigenvalue weighted by Crippen LogP contribution is -2.21. The van der Waals surface area contributed by atoms with Crippen molar-refractivity contribution in [3.05, 3.63) is 76.6 Å². The summed E-state index contributed by atoms with van der Waals surface area (Å²) in [5.41, 5.74) is 1.76. The number of hydrogen-bond donors (Lipinski definition) is 2. The normalized spacial score (nSPS) is 19.7. The van der Waals surface area contributed by atoms with Gasteiger partial charge in [0.05, 0.1) is 11.6 Å². The van der Waals surface area contributed by atoms with E-state index in [1.165, 1.54) is 18.2 Å². The van der Waals surface area contributed by atoms with Crippen molar-refractivity contribution in [1.82, 2.24) is 5.32 Å². The topological polar surface area (TPSA) is 66.4 Å². The zero-order valence-corrected chi connectivity index (χ0v) is 12.3. The lowest BCUT2D eigenvalue weighted by atomic mass is 9.95. The first-order valence-electron chi connectivity index (χ1n) is 7.08. The first-order chi connectivity index (χ1) is 11.0. The molecule has 1 amide bonds. The van der Waals surface area contributed by atoms with Crippen molar-refractivity contribution in [2.24, 2.45) is 0 Å². The minimum absolute atomic E-state index is 0.0653. The third-order valence-corrected chi connectivity index (χ3v) is 3.78. The minimum Gasteiger partial charge on any atom is -0.507 e. The van der Waals surface area contributed by atoms with Crippen LogP contribution in [0.2, 0.25) is 0 Å². The maximum absolute atomic E-state index is 13.4. The number of carbonyl (C=O) groups excluding carboxylic acids is 2. The second kappa shape index (κ2) is 5.68. The second-order valence-corrected chi connectivity index (χ2v) is 5.42. The van der Waals surface area contributed by atoms with Crippen LogP contribution < -0.4 is 5.32 Å². The number of carbonyl (C=O) groups is 2. The largest absolute Gasteiger partial charge is 0.507 e. The number of aliphatic hydroxyl groups excluding tert-OH is 1. The van der Waals surface area contributed by atoms with Crippen LogP contribution in [0.25, 0.3) is 5.76 Å². The number of ketones is 1. The number of rotatable bonds is 2. The fourth-order valence-corrected chi connectivity index (χ4v) is 2.57. The van der Waals surface area contributed by atoms with Gasteiger partial charge in [0.2, 0.25) is 0 Å². The number of hydrogen-bond acceptors (Lipinski definition) is 3. The minimum atomic E-state index is -0.869. The van der Waals surface area contributed by atoms with Gasteiger partial charge in [-0.15, -0.1) is 0 Å². The van der Waals surface area contributed by atoms with Gasteiger partial charge in [-0.05, 0) is 24.6 Å². The summed E-state index contributed by atoms with van der Waals surface area (Å²) < 4.78 is 13.4. The van der Waals surface area contributed by atoms with E-state index in [-0.39, 0.29) is 11.3 Å². The molecule has 0 aromatic heterocycles. The molecule has 0 spiro atoms. The van der Waals surface area contributed by atoms with Crippen LogP contribution in [0.4, 0.5) is 4.39 Å². The summed E-state index contributed by atoms with van der Waals surface area (Å²) in [5, 5.41) is 13.0. The zero-order chi connectivity index (χ0) is 16.6. The van der Waals surface area contributed by atoms with Crippen LogP contribution in [0.3, 0.4) is 0 Å². The molecule has 5 heteroatoms. The van der Waals surface area contributed by atoms with Crippen LogP contribution in [0.15, 0.2) is 54.1 Å². The van der Waals surface area contributed by atoms with E-state index < -0.39 is 23.5 Å². The van der Waals surface area contributed by atoms with Gasteiger partial charge in [-0.3, -0.25) is 9.59 Å². The molecule has 2 aromatic rings. The number of aliphatic hydroxyl groups is 1. The van der Waals surface area contributed by atoms with E-state index in [9.17, 15) is 19.1 Å². The Hall–Kier alpha value is -2.95. The highest BCUT2D eigenvalue weighted by molar-refractivity contribution is 6.46. The Kier molecular flexibility index (Phi) is 3.70. The van der Waals surface area contributed by atoms with Crippen molar-refractivity contribution < 1.29 is 19.1 Å². The number of aryl methyl sites for hydroxylation is 1. The van der Waals surface area contributed by atoms with Crippen LogP contribution in [-0.2, 0) is 9.59 Å². The lowest BCUT2D eigenvalue weighted by Gasteiger charge is -2.13. The Morgan fingerprint density at radius 2 is 1.83 bits per heavy atom. The molecule has 1 aliphatic heterocycles. The molecule has 2 N–H and O–H groups in total. The zero-order valence-electron chi connectivity index (χ0n) is 12.3. The van der Waals surface area contributed by atoms with Gasteiger partial charge in [0.15, 0.2) is 0 Å². The maximum Gasteiger partial charge on any atom is 0.293 e. The fraction of sp³-hybridized carbons (Fsp3) is 0.111. The van der Waals surface area contributed by atoms with Gasteiger partial charge in [0, 0.05) is 5.56 Å². The monoisotopic (exact) mass is 311 g/mol. The van der Waals surface area contributed by atoms with Crippen molar-refractivity contribution in [1.29, 1.82) is 0 Å². The molecular formula is C18H14FNO3. The van der Waals surface area contributed by atoms with E-state index >= 15 is 0 Å². The van der Waals surface area contributed by atoms with Crippen molar-refractivity contribution in [3.63, 3.8) is 0 Å². The average Bonchev–Trinajstić information content (AvgIpc) is 2.83. The molecule has 1 saturated heterocycles. The molecule has 0 unspecified atom stereocenters. The maximum atomic E-state index is 13.4. The molecule has 3 rings (SSSR count). The van der Waals surface area contributed by atoms with Gasteiger partial charge >= 0.3 is 0 Å². The Balaban J connectivity index is 2.12. The summed E-state index contributed by atoms with van der Waals surface area (Å²) in [6.45, 7) is 1.90. The molecule has 0 saturated carbocycles. The number of amides is 1. The highest BCUT2D eigenvalue weighted by atomic mass is 19.1. The summed E-state index contributed by atoms with van der Waals surface area (Å²) in [6, 6.07) is 11.6. The summed E-state index contributed by atoms with van der Waals surface area (Å²) in [4.78, 5) is 23.9. The second-order valence-electron chi connectivity index (χ2n) is 5.42. The smallest absolute Gasteiger partial charge is 0.293 e. The van der Waals surface area contributed by atoms with E-state index in [4.69, 9.17) is 0 Å². The lowest BCUT2D eigenvalue weighted by molar-refractivity contribution is -0.133. The van der Waals surface area contributed by atoms with Crippen molar-refractivity contribution >= 4 is 17.4 Å². The van der Waals surface area contributed by atoms with E-state index in [1.54, 1.807) is 30.3 Å². The Labute approximate surface area is 132 Å². The van der Waals surface area contributed by atoms with Crippen LogP contribution >= 0.6 is 0 Å². The first kappa shape index (κ1) is 15.0. The molecule has 1 aliphatic rings. The van der Waals surface area contributed by atoms with E-state index in [0.717, 1.165) is 5.56 Å². The molecule has 116 valence electrons. The molecule has 0 bridgehead atoms. The molecule has 1 fully saturated rings. The highest BCUT2D eigenvalue weighted by Gasteiger charge is 2.39. The fourth-order valence-electron chi connectivity index (χ4n) is 2.57. The van der Waals surface area contributed by atoms with E-state index in [2.05, 4.69) is 5.32 Å². The molecule has 1 atom stereocenters. The average molecular weight is 311 g/mol. The Bertz CT molecular complexity index is 824.